The van der Waals surface area contributed by atoms with Crippen LogP contribution in [0.1, 0.15) is 29.8 Å². The fourth-order valence-corrected chi connectivity index (χ4v) is 3.69. The maximum atomic E-state index is 12.6. The van der Waals surface area contributed by atoms with Crippen LogP contribution in [0.25, 0.3) is 4.96 Å². The van der Waals surface area contributed by atoms with Crippen molar-refractivity contribution < 1.29 is 4.79 Å². The average Bonchev–Trinajstić information content (AvgIpc) is 3.23. The van der Waals surface area contributed by atoms with Crippen molar-refractivity contribution in [3.05, 3.63) is 32.7 Å². The van der Waals surface area contributed by atoms with Gasteiger partial charge in [0.05, 0.1) is 17.8 Å². The zero-order chi connectivity index (χ0) is 13.9. The van der Waals surface area contributed by atoms with E-state index in [0.717, 1.165) is 29.2 Å². The normalized spacial score (nSPS) is 18.4. The molecule has 0 aromatic carbocycles. The molecule has 104 valence electrons. The molecular weight excluding hydrogens is 274 g/mol. The lowest BCUT2D eigenvalue weighted by atomic mass is 10.1. The van der Waals surface area contributed by atoms with Gasteiger partial charge < -0.3 is 4.90 Å². The van der Waals surface area contributed by atoms with Crippen LogP contribution in [0.4, 0.5) is 0 Å². The van der Waals surface area contributed by atoms with E-state index in [1.165, 1.54) is 11.3 Å². The number of aryl methyl sites for hydroxylation is 1. The molecule has 2 aliphatic rings. The lowest BCUT2D eigenvalue weighted by Crippen LogP contribution is -2.40. The molecule has 0 spiro atoms. The fraction of sp³-hybridized carbons (Fsp3) is 0.500. The molecule has 1 fully saturated rings. The topological polar surface area (TPSA) is 54.7 Å². The monoisotopic (exact) mass is 289 g/mol. The third-order valence-electron chi connectivity index (χ3n) is 4.12. The van der Waals surface area contributed by atoms with Gasteiger partial charge in [-0.1, -0.05) is 0 Å². The van der Waals surface area contributed by atoms with Crippen molar-refractivity contribution in [3.8, 4) is 0 Å². The van der Waals surface area contributed by atoms with Gasteiger partial charge in [-0.15, -0.1) is 11.3 Å². The molecule has 0 atom stereocenters. The minimum absolute atomic E-state index is 0.00273. The van der Waals surface area contributed by atoms with E-state index in [4.69, 9.17) is 0 Å². The summed E-state index contributed by atoms with van der Waals surface area (Å²) in [6, 6.07) is 0. The van der Waals surface area contributed by atoms with Gasteiger partial charge in [0, 0.05) is 30.0 Å². The summed E-state index contributed by atoms with van der Waals surface area (Å²) in [5.74, 6) is 0.418. The van der Waals surface area contributed by atoms with E-state index in [1.54, 1.807) is 4.40 Å². The van der Waals surface area contributed by atoms with Gasteiger partial charge in [0.1, 0.15) is 0 Å². The summed E-state index contributed by atoms with van der Waals surface area (Å²) in [5.41, 5.74) is 2.48. The molecule has 0 saturated heterocycles. The average molecular weight is 289 g/mol. The Labute approximate surface area is 119 Å². The summed E-state index contributed by atoms with van der Waals surface area (Å²) < 4.78 is 1.66. The number of hydrogen-bond donors (Lipinski definition) is 0. The quantitative estimate of drug-likeness (QED) is 0.796. The molecule has 2 aromatic heterocycles. The van der Waals surface area contributed by atoms with Gasteiger partial charge >= 0.3 is 0 Å². The van der Waals surface area contributed by atoms with Gasteiger partial charge in [-0.3, -0.25) is 14.0 Å². The summed E-state index contributed by atoms with van der Waals surface area (Å²) >= 11 is 1.49. The molecule has 0 radical (unpaired) electrons. The Hall–Kier alpha value is -1.69. The fourth-order valence-electron chi connectivity index (χ4n) is 2.81. The molecule has 4 rings (SSSR count). The molecule has 1 saturated carbocycles. The van der Waals surface area contributed by atoms with Crippen LogP contribution in [0.3, 0.4) is 0 Å². The maximum absolute atomic E-state index is 12.6. The smallest absolute Gasteiger partial charge is 0.264 e. The zero-order valence-electron chi connectivity index (χ0n) is 11.3. The van der Waals surface area contributed by atoms with E-state index in [-0.39, 0.29) is 17.4 Å². The number of rotatable bonds is 1. The minimum atomic E-state index is -0.00273. The van der Waals surface area contributed by atoms with Crippen LogP contribution in [0.2, 0.25) is 0 Å². The second kappa shape index (κ2) is 4.15. The van der Waals surface area contributed by atoms with E-state index < -0.39 is 0 Å². The Morgan fingerprint density at radius 1 is 1.45 bits per heavy atom. The van der Waals surface area contributed by atoms with Crippen molar-refractivity contribution in [3.63, 3.8) is 0 Å². The van der Waals surface area contributed by atoms with Gasteiger partial charge in [0.2, 0.25) is 5.91 Å². The van der Waals surface area contributed by atoms with Gasteiger partial charge in [-0.2, -0.15) is 0 Å². The number of fused-ring (bicyclic) bond motifs is 2. The van der Waals surface area contributed by atoms with Crippen LogP contribution < -0.4 is 5.56 Å². The molecule has 1 aliphatic carbocycles. The highest BCUT2D eigenvalue weighted by Gasteiger charge is 2.35. The Bertz CT molecular complexity index is 773. The van der Waals surface area contributed by atoms with E-state index in [0.29, 0.717) is 25.1 Å². The molecule has 3 heterocycles. The first-order chi connectivity index (χ1) is 9.65. The Kier molecular flexibility index (Phi) is 2.51. The summed E-state index contributed by atoms with van der Waals surface area (Å²) in [5, 5.41) is 1.95. The summed E-state index contributed by atoms with van der Waals surface area (Å²) in [4.78, 5) is 31.9. The summed E-state index contributed by atoms with van der Waals surface area (Å²) in [7, 11) is 0. The number of thiazole rings is 1. The van der Waals surface area contributed by atoms with Crippen LogP contribution in [-0.4, -0.2) is 26.7 Å². The van der Waals surface area contributed by atoms with Gasteiger partial charge in [0.25, 0.3) is 5.56 Å². The standard InChI is InChI=1S/C14H15N3O2S/c1-8-7-20-14-15-11-4-5-16(12(18)9-2-3-9)6-10(11)13(19)17(8)14/h7,9H,2-6H2,1H3. The van der Waals surface area contributed by atoms with Crippen molar-refractivity contribution in [2.24, 2.45) is 5.92 Å². The minimum Gasteiger partial charge on any atom is -0.337 e. The third kappa shape index (κ3) is 1.71. The Morgan fingerprint density at radius 3 is 3.00 bits per heavy atom. The molecule has 6 heteroatoms. The molecule has 2 aromatic rings. The van der Waals surface area contributed by atoms with E-state index in [1.807, 2.05) is 17.2 Å². The lowest BCUT2D eigenvalue weighted by Gasteiger charge is -2.27. The van der Waals surface area contributed by atoms with Gasteiger partial charge in [-0.25, -0.2) is 4.98 Å². The molecule has 1 amide bonds. The van der Waals surface area contributed by atoms with E-state index in [9.17, 15) is 9.59 Å². The highest BCUT2D eigenvalue weighted by atomic mass is 32.1. The van der Waals surface area contributed by atoms with E-state index >= 15 is 0 Å². The van der Waals surface area contributed by atoms with Crippen molar-refractivity contribution in [2.75, 3.05) is 6.54 Å². The van der Waals surface area contributed by atoms with Crippen molar-refractivity contribution in [2.45, 2.75) is 32.7 Å². The first-order valence-electron chi connectivity index (χ1n) is 6.92. The molecule has 20 heavy (non-hydrogen) atoms. The van der Waals surface area contributed by atoms with Gasteiger partial charge in [0.15, 0.2) is 4.96 Å². The lowest BCUT2D eigenvalue weighted by molar-refractivity contribution is -0.133. The number of nitrogens with zero attached hydrogens (tertiary/aromatic N) is 3. The van der Waals surface area contributed by atoms with Crippen LogP contribution in [-0.2, 0) is 17.8 Å². The molecule has 0 N–H and O–H groups in total. The highest BCUT2D eigenvalue weighted by Crippen LogP contribution is 2.32. The molecule has 0 bridgehead atoms. The van der Waals surface area contributed by atoms with Crippen molar-refractivity contribution in [1.29, 1.82) is 0 Å². The molecule has 0 unspecified atom stereocenters. The van der Waals surface area contributed by atoms with Crippen LogP contribution >= 0.6 is 11.3 Å². The van der Waals surface area contributed by atoms with Crippen LogP contribution in [0.5, 0.6) is 0 Å². The largest absolute Gasteiger partial charge is 0.337 e. The zero-order valence-corrected chi connectivity index (χ0v) is 12.1. The van der Waals surface area contributed by atoms with Crippen LogP contribution in [0.15, 0.2) is 10.2 Å². The number of aromatic nitrogens is 2. The summed E-state index contributed by atoms with van der Waals surface area (Å²) in [6.07, 6.45) is 2.70. The van der Waals surface area contributed by atoms with E-state index in [2.05, 4.69) is 4.98 Å². The number of amides is 1. The molecule has 5 nitrogen and oxygen atoms in total. The SMILES string of the molecule is Cc1csc2nc3c(c(=O)n12)CN(C(=O)C1CC1)CC3. The molecular formula is C14H15N3O2S. The van der Waals surface area contributed by atoms with Crippen molar-refractivity contribution in [1.82, 2.24) is 14.3 Å². The number of carbonyl (C=O) groups is 1. The Morgan fingerprint density at radius 2 is 2.25 bits per heavy atom. The first kappa shape index (κ1) is 12.1. The predicted octanol–water partition coefficient (Wildman–Crippen LogP) is 1.36. The highest BCUT2D eigenvalue weighted by molar-refractivity contribution is 7.15. The van der Waals surface area contributed by atoms with Crippen molar-refractivity contribution >= 4 is 22.2 Å². The van der Waals surface area contributed by atoms with Gasteiger partial charge in [-0.05, 0) is 19.8 Å². The number of hydrogen-bond acceptors (Lipinski definition) is 4. The second-order valence-corrected chi connectivity index (χ2v) is 6.46. The first-order valence-corrected chi connectivity index (χ1v) is 7.80. The second-order valence-electron chi connectivity index (χ2n) is 5.62. The maximum Gasteiger partial charge on any atom is 0.264 e. The Balaban J connectivity index is 1.79. The van der Waals surface area contributed by atoms with Crippen LogP contribution in [0, 0.1) is 12.8 Å². The summed E-state index contributed by atoms with van der Waals surface area (Å²) in [6.45, 7) is 3.03. The molecule has 1 aliphatic heterocycles. The third-order valence-corrected chi connectivity index (χ3v) is 5.07. The predicted molar refractivity (Wildman–Crippen MR) is 75.9 cm³/mol. The number of carbonyl (C=O) groups excluding carboxylic acids is 1.